The number of pyridine rings is 1. The zero-order valence-electron chi connectivity index (χ0n) is 21.2. The lowest BCUT2D eigenvalue weighted by molar-refractivity contribution is -0.673. The Hall–Kier alpha value is -2.89. The number of aromatic nitrogens is 2. The van der Waals surface area contributed by atoms with Gasteiger partial charge in [0, 0.05) is 41.7 Å². The molecule has 0 saturated carbocycles. The van der Waals surface area contributed by atoms with Crippen molar-refractivity contribution in [2.75, 3.05) is 11.9 Å². The van der Waals surface area contributed by atoms with Crippen molar-refractivity contribution >= 4 is 61.6 Å². The van der Waals surface area contributed by atoms with Crippen LogP contribution in [0.2, 0.25) is 5.02 Å². The average Bonchev–Trinajstić information content (AvgIpc) is 3.36. The number of halogens is 1. The number of aryl methyl sites for hydroxylation is 2. The maximum atomic E-state index is 13.1. The molecule has 0 saturated heterocycles. The van der Waals surface area contributed by atoms with Crippen molar-refractivity contribution in [1.82, 2.24) is 4.57 Å². The SMILES string of the molecule is CCn1c(=Cc2cccc[n+]2C)sc(=C2Sc3ccc(Cl)cc3N2C)c1=O.Cc1ccc(S(=O)(=O)[O-])cc1. The first kappa shape index (κ1) is 28.1. The largest absolute Gasteiger partial charge is 0.744 e. The number of hydrogen-bond donors (Lipinski definition) is 0. The van der Waals surface area contributed by atoms with Crippen LogP contribution in [0.25, 0.3) is 11.1 Å². The number of hydrogen-bond acceptors (Lipinski definition) is 7. The monoisotopic (exact) mass is 587 g/mol. The third-order valence-electron chi connectivity index (χ3n) is 5.89. The van der Waals surface area contributed by atoms with Crippen LogP contribution in [0.15, 0.2) is 81.4 Å². The quantitative estimate of drug-likeness (QED) is 0.270. The van der Waals surface area contributed by atoms with Crippen LogP contribution in [-0.2, 0) is 23.7 Å². The molecule has 3 heterocycles. The lowest BCUT2D eigenvalue weighted by atomic mass is 10.2. The Morgan fingerprint density at radius 3 is 2.45 bits per heavy atom. The number of fused-ring (bicyclic) bond motifs is 1. The highest BCUT2D eigenvalue weighted by Crippen LogP contribution is 2.46. The van der Waals surface area contributed by atoms with Gasteiger partial charge in [-0.15, -0.1) is 11.3 Å². The first-order valence-electron chi connectivity index (χ1n) is 11.6. The summed E-state index contributed by atoms with van der Waals surface area (Å²) in [6, 6.07) is 17.7. The van der Waals surface area contributed by atoms with Gasteiger partial charge in [-0.2, -0.15) is 0 Å². The molecule has 0 unspecified atom stereocenters. The Bertz CT molecular complexity index is 1780. The summed E-state index contributed by atoms with van der Waals surface area (Å²) >= 11 is 9.32. The predicted molar refractivity (Wildman–Crippen MR) is 153 cm³/mol. The Morgan fingerprint density at radius 2 is 1.82 bits per heavy atom. The predicted octanol–water partition coefficient (Wildman–Crippen LogP) is 3.44. The second-order valence-electron chi connectivity index (χ2n) is 8.55. The second kappa shape index (κ2) is 11.5. The minimum atomic E-state index is -4.27. The summed E-state index contributed by atoms with van der Waals surface area (Å²) in [5, 5.41) is 1.66. The molecule has 38 heavy (non-hydrogen) atoms. The van der Waals surface area contributed by atoms with E-state index in [1.165, 1.54) is 23.5 Å². The first-order valence-corrected chi connectivity index (χ1v) is 15.1. The molecule has 1 aliphatic rings. The standard InChI is InChI=1S/C20H19ClN3OS2.C7H8O3S/c1-4-24-17(12-14-7-5-6-10-22(14)2)27-18(19(24)25)20-23(3)15-11-13(21)8-9-16(15)26-20;1-6-2-4-7(5-3-6)11(8,9)10/h5-12H,4H2,1-3H3;2-5H,1H3,(H,8,9,10)/q+1;/p-1. The molecule has 0 fully saturated rings. The highest BCUT2D eigenvalue weighted by atomic mass is 35.5. The average molecular weight is 588 g/mol. The van der Waals surface area contributed by atoms with Crippen LogP contribution in [0.1, 0.15) is 18.2 Å². The van der Waals surface area contributed by atoms with E-state index in [4.69, 9.17) is 11.6 Å². The summed E-state index contributed by atoms with van der Waals surface area (Å²) < 4.78 is 36.8. The Labute approximate surface area is 234 Å². The van der Waals surface area contributed by atoms with Crippen molar-refractivity contribution in [3.8, 4) is 0 Å². The van der Waals surface area contributed by atoms with E-state index in [1.54, 1.807) is 23.9 Å². The molecule has 2 aromatic carbocycles. The molecular weight excluding hydrogens is 562 g/mol. The highest BCUT2D eigenvalue weighted by Gasteiger charge is 2.25. The highest BCUT2D eigenvalue weighted by molar-refractivity contribution is 8.08. The van der Waals surface area contributed by atoms with Crippen LogP contribution in [0, 0.1) is 6.92 Å². The number of rotatable bonds is 3. The minimum absolute atomic E-state index is 0.0561. The van der Waals surface area contributed by atoms with Crippen molar-refractivity contribution in [3.05, 3.63) is 103 Å². The third kappa shape index (κ3) is 6.05. The molecule has 5 rings (SSSR count). The van der Waals surface area contributed by atoms with Gasteiger partial charge < -0.3 is 9.45 Å². The summed E-state index contributed by atoms with van der Waals surface area (Å²) in [7, 11) is -0.279. The van der Waals surface area contributed by atoms with Gasteiger partial charge in [0.05, 0.1) is 10.6 Å². The second-order valence-corrected chi connectivity index (χ2v) is 12.4. The fraction of sp³-hybridized carbons (Fsp3) is 0.185. The van der Waals surface area contributed by atoms with E-state index in [9.17, 15) is 17.8 Å². The fourth-order valence-electron chi connectivity index (χ4n) is 3.81. The lowest BCUT2D eigenvalue weighted by Crippen LogP contribution is -2.34. The Morgan fingerprint density at radius 1 is 1.11 bits per heavy atom. The Kier molecular flexibility index (Phi) is 8.49. The summed E-state index contributed by atoms with van der Waals surface area (Å²) in [5.41, 5.74) is 3.08. The molecule has 0 amide bonds. The van der Waals surface area contributed by atoms with Crippen molar-refractivity contribution in [2.45, 2.75) is 30.2 Å². The molecule has 0 N–H and O–H groups in total. The molecule has 7 nitrogen and oxygen atoms in total. The van der Waals surface area contributed by atoms with Gasteiger partial charge in [-0.05, 0) is 50.2 Å². The maximum Gasteiger partial charge on any atom is 0.271 e. The van der Waals surface area contributed by atoms with Crippen molar-refractivity contribution < 1.29 is 17.5 Å². The van der Waals surface area contributed by atoms with Gasteiger partial charge in [-0.1, -0.05) is 41.1 Å². The van der Waals surface area contributed by atoms with Crippen molar-refractivity contribution in [3.63, 3.8) is 0 Å². The van der Waals surface area contributed by atoms with E-state index >= 15 is 0 Å². The minimum Gasteiger partial charge on any atom is -0.744 e. The van der Waals surface area contributed by atoms with Crippen LogP contribution in [0.3, 0.4) is 0 Å². The molecule has 0 spiro atoms. The summed E-state index contributed by atoms with van der Waals surface area (Å²) in [6.07, 6.45) is 4.08. The first-order chi connectivity index (χ1) is 18.0. The van der Waals surface area contributed by atoms with E-state index in [0.717, 1.165) is 36.1 Å². The van der Waals surface area contributed by atoms with E-state index < -0.39 is 10.1 Å². The Balaban J connectivity index is 0.000000257. The lowest BCUT2D eigenvalue weighted by Gasteiger charge is -2.12. The molecule has 0 aliphatic carbocycles. The van der Waals surface area contributed by atoms with Gasteiger partial charge in [0.15, 0.2) is 6.20 Å². The third-order valence-corrected chi connectivity index (χ3v) is 9.46. The molecule has 198 valence electrons. The molecule has 1 aliphatic heterocycles. The van der Waals surface area contributed by atoms with E-state index in [2.05, 4.69) is 11.0 Å². The maximum absolute atomic E-state index is 13.1. The van der Waals surface area contributed by atoms with Gasteiger partial charge in [0.2, 0.25) is 5.69 Å². The summed E-state index contributed by atoms with van der Waals surface area (Å²) in [4.78, 5) is 16.1. The number of anilines is 1. The topological polar surface area (TPSA) is 86.3 Å². The summed E-state index contributed by atoms with van der Waals surface area (Å²) in [6.45, 7) is 4.46. The molecule has 0 radical (unpaired) electrons. The number of nitrogens with zero attached hydrogens (tertiary/aromatic N) is 3. The zero-order chi connectivity index (χ0) is 27.6. The van der Waals surface area contributed by atoms with Crippen LogP contribution >= 0.6 is 34.7 Å². The molecule has 0 bridgehead atoms. The normalized spacial score (nSPS) is 14.8. The van der Waals surface area contributed by atoms with Crippen LogP contribution in [-0.4, -0.2) is 24.6 Å². The molecule has 0 atom stereocenters. The van der Waals surface area contributed by atoms with E-state index in [1.807, 2.05) is 79.7 Å². The number of thioether (sulfide) groups is 1. The van der Waals surface area contributed by atoms with Crippen LogP contribution in [0.4, 0.5) is 5.69 Å². The van der Waals surface area contributed by atoms with Crippen LogP contribution in [0.5, 0.6) is 0 Å². The van der Waals surface area contributed by atoms with Crippen LogP contribution < -0.4 is 24.2 Å². The van der Waals surface area contributed by atoms with Gasteiger partial charge >= 0.3 is 0 Å². The van der Waals surface area contributed by atoms with E-state index in [-0.39, 0.29) is 10.5 Å². The van der Waals surface area contributed by atoms with Gasteiger partial charge in [-0.3, -0.25) is 9.36 Å². The zero-order valence-corrected chi connectivity index (χ0v) is 24.4. The molecular formula is C27H26ClN3O4S3. The van der Waals surface area contributed by atoms with Gasteiger partial charge in [0.25, 0.3) is 5.56 Å². The van der Waals surface area contributed by atoms with Crippen molar-refractivity contribution in [1.29, 1.82) is 0 Å². The van der Waals surface area contributed by atoms with Gasteiger partial charge in [0.1, 0.15) is 31.4 Å². The molecule has 4 aromatic rings. The number of benzene rings is 2. The van der Waals surface area contributed by atoms with E-state index in [0.29, 0.717) is 11.6 Å². The van der Waals surface area contributed by atoms with Gasteiger partial charge in [-0.25, -0.2) is 13.0 Å². The number of thiazole rings is 1. The smallest absolute Gasteiger partial charge is 0.271 e. The molecule has 2 aromatic heterocycles. The molecule has 11 heteroatoms. The van der Waals surface area contributed by atoms with Crippen molar-refractivity contribution in [2.24, 2.45) is 7.05 Å². The summed E-state index contributed by atoms with van der Waals surface area (Å²) in [5.74, 6) is 0. The fourth-order valence-corrected chi connectivity index (χ4v) is 6.88.